The van der Waals surface area contributed by atoms with Gasteiger partial charge in [-0.3, -0.25) is 0 Å². The highest BCUT2D eigenvalue weighted by Crippen LogP contribution is 2.07. The molecule has 0 saturated carbocycles. The van der Waals surface area contributed by atoms with Crippen LogP contribution in [0.2, 0.25) is 0 Å². The average Bonchev–Trinajstić information content (AvgIpc) is 2.14. The molecule has 0 radical (unpaired) electrons. The second-order valence-electron chi connectivity index (χ2n) is 3.66. The molecule has 0 bridgehead atoms. The molecule has 1 rings (SSSR count). The summed E-state index contributed by atoms with van der Waals surface area (Å²) in [5.41, 5.74) is 4.11. The number of unbranched alkanes of at least 4 members (excludes halogenated alkanes) is 1. The largest absolute Gasteiger partial charge is 0.396 e. The van der Waals surface area contributed by atoms with Crippen molar-refractivity contribution in [3.63, 3.8) is 0 Å². The number of aliphatic hydroxyl groups excluding tert-OH is 1. The molecule has 1 nitrogen and oxygen atoms in total. The molecule has 1 heteroatoms. The summed E-state index contributed by atoms with van der Waals surface area (Å²) in [7, 11) is 0. The van der Waals surface area contributed by atoms with Crippen LogP contribution in [0.1, 0.15) is 36.5 Å². The molecule has 0 atom stereocenters. The molecular weight excluding hydrogens is 172 g/mol. The van der Waals surface area contributed by atoms with Crippen LogP contribution < -0.4 is 0 Å². The lowest BCUT2D eigenvalue weighted by Gasteiger charge is -1.98. The number of rotatable bonds is 2. The van der Waals surface area contributed by atoms with Crippen LogP contribution in [-0.4, -0.2) is 11.7 Å². The molecule has 14 heavy (non-hydrogen) atoms. The summed E-state index contributed by atoms with van der Waals surface area (Å²) in [5.74, 6) is 0. The van der Waals surface area contributed by atoms with Crippen molar-refractivity contribution in [2.75, 3.05) is 6.61 Å². The maximum absolute atomic E-state index is 8.07. The van der Waals surface area contributed by atoms with Gasteiger partial charge < -0.3 is 5.11 Å². The third-order valence-corrected chi connectivity index (χ3v) is 2.17. The average molecular weight is 194 g/mol. The minimum atomic E-state index is 0.344. The Hall–Kier alpha value is -0.820. The van der Waals surface area contributed by atoms with E-state index in [4.69, 9.17) is 5.11 Å². The lowest BCUT2D eigenvalue weighted by atomic mass is 10.1. The fourth-order valence-electron chi connectivity index (χ4n) is 1.05. The summed E-state index contributed by atoms with van der Waals surface area (Å²) in [4.78, 5) is 0. The Bertz CT molecular complexity index is 251. The van der Waals surface area contributed by atoms with Crippen molar-refractivity contribution in [2.45, 2.75) is 40.5 Å². The normalized spacial score (nSPS) is 9.21. The first-order chi connectivity index (χ1) is 6.61. The van der Waals surface area contributed by atoms with Crippen molar-refractivity contribution in [3.05, 3.63) is 34.9 Å². The van der Waals surface area contributed by atoms with Crippen LogP contribution in [-0.2, 0) is 0 Å². The molecule has 80 valence electrons. The lowest BCUT2D eigenvalue weighted by Crippen LogP contribution is -1.79. The molecule has 0 aliphatic carbocycles. The molecule has 0 spiro atoms. The zero-order chi connectivity index (χ0) is 11.0. The molecule has 0 unspecified atom stereocenters. The van der Waals surface area contributed by atoms with Crippen molar-refractivity contribution in [2.24, 2.45) is 0 Å². The quantitative estimate of drug-likeness (QED) is 0.765. The van der Waals surface area contributed by atoms with E-state index in [0.29, 0.717) is 6.61 Å². The number of hydrogen-bond acceptors (Lipinski definition) is 1. The van der Waals surface area contributed by atoms with E-state index < -0.39 is 0 Å². The Morgan fingerprint density at radius 2 is 1.71 bits per heavy atom. The van der Waals surface area contributed by atoms with Crippen LogP contribution in [0.4, 0.5) is 0 Å². The maximum Gasteiger partial charge on any atom is 0.0430 e. The molecule has 0 heterocycles. The fourth-order valence-corrected chi connectivity index (χ4v) is 1.05. The van der Waals surface area contributed by atoms with Crippen molar-refractivity contribution in [3.8, 4) is 0 Å². The second kappa shape index (κ2) is 7.57. The van der Waals surface area contributed by atoms with E-state index in [-0.39, 0.29) is 0 Å². The highest BCUT2D eigenvalue weighted by Gasteiger charge is 1.89. The van der Waals surface area contributed by atoms with E-state index in [2.05, 4.69) is 45.9 Å². The summed E-state index contributed by atoms with van der Waals surface area (Å²) in [5, 5.41) is 8.07. The van der Waals surface area contributed by atoms with Gasteiger partial charge in [-0.2, -0.15) is 0 Å². The van der Waals surface area contributed by atoms with Crippen molar-refractivity contribution in [1.82, 2.24) is 0 Å². The molecule has 0 aromatic heterocycles. The third-order valence-electron chi connectivity index (χ3n) is 2.17. The highest BCUT2D eigenvalue weighted by molar-refractivity contribution is 5.28. The van der Waals surface area contributed by atoms with Crippen LogP contribution in [0.15, 0.2) is 18.2 Å². The van der Waals surface area contributed by atoms with Crippen LogP contribution >= 0.6 is 0 Å². The number of aryl methyl sites for hydroxylation is 3. The highest BCUT2D eigenvalue weighted by atomic mass is 16.2. The van der Waals surface area contributed by atoms with Crippen molar-refractivity contribution < 1.29 is 5.11 Å². The van der Waals surface area contributed by atoms with Gasteiger partial charge in [0.15, 0.2) is 0 Å². The summed E-state index contributed by atoms with van der Waals surface area (Å²) < 4.78 is 0. The minimum absolute atomic E-state index is 0.344. The number of benzene rings is 1. The van der Waals surface area contributed by atoms with Gasteiger partial charge in [-0.25, -0.2) is 0 Å². The van der Waals surface area contributed by atoms with Crippen LogP contribution in [0.5, 0.6) is 0 Å². The van der Waals surface area contributed by atoms with Gasteiger partial charge >= 0.3 is 0 Å². The molecule has 0 fully saturated rings. The molecule has 0 saturated heterocycles. The van der Waals surface area contributed by atoms with E-state index >= 15 is 0 Å². The SMILES string of the molecule is CCCCO.Cc1ccc(C)c(C)c1. The smallest absolute Gasteiger partial charge is 0.0430 e. The van der Waals surface area contributed by atoms with Crippen LogP contribution in [0.3, 0.4) is 0 Å². The van der Waals surface area contributed by atoms with Gasteiger partial charge in [0.05, 0.1) is 0 Å². The van der Waals surface area contributed by atoms with E-state index in [1.54, 1.807) is 0 Å². The first-order valence-corrected chi connectivity index (χ1v) is 5.26. The monoisotopic (exact) mass is 194 g/mol. The zero-order valence-electron chi connectivity index (χ0n) is 9.80. The maximum atomic E-state index is 8.07. The number of hydrogen-bond donors (Lipinski definition) is 1. The van der Waals surface area contributed by atoms with Gasteiger partial charge in [-0.1, -0.05) is 37.1 Å². The predicted molar refractivity (Wildman–Crippen MR) is 62.6 cm³/mol. The first kappa shape index (κ1) is 13.2. The predicted octanol–water partition coefficient (Wildman–Crippen LogP) is 3.39. The van der Waals surface area contributed by atoms with Gasteiger partial charge in [0.1, 0.15) is 0 Å². The van der Waals surface area contributed by atoms with Crippen molar-refractivity contribution >= 4 is 0 Å². The summed E-state index contributed by atoms with van der Waals surface area (Å²) in [6.07, 6.45) is 2.04. The Balaban J connectivity index is 0.000000292. The van der Waals surface area contributed by atoms with E-state index in [9.17, 15) is 0 Å². The zero-order valence-corrected chi connectivity index (χ0v) is 9.80. The first-order valence-electron chi connectivity index (χ1n) is 5.26. The molecule has 1 N–H and O–H groups in total. The molecule has 0 amide bonds. The minimum Gasteiger partial charge on any atom is -0.396 e. The van der Waals surface area contributed by atoms with E-state index in [1.807, 2.05) is 0 Å². The summed E-state index contributed by atoms with van der Waals surface area (Å²) in [6, 6.07) is 6.50. The standard InChI is InChI=1S/C9H12.C4H10O/c1-7-4-5-8(2)9(3)6-7;1-2-3-4-5/h4-6H,1-3H3;5H,2-4H2,1H3. The molecule has 1 aromatic carbocycles. The number of aliphatic hydroxyl groups is 1. The summed E-state index contributed by atoms with van der Waals surface area (Å²) >= 11 is 0. The Labute approximate surface area is 87.8 Å². The van der Waals surface area contributed by atoms with E-state index in [1.165, 1.54) is 16.7 Å². The molecule has 0 aliphatic rings. The lowest BCUT2D eigenvalue weighted by molar-refractivity contribution is 0.287. The molecule has 1 aromatic rings. The Kier molecular flexibility index (Phi) is 7.13. The van der Waals surface area contributed by atoms with Crippen LogP contribution in [0.25, 0.3) is 0 Å². The van der Waals surface area contributed by atoms with Gasteiger partial charge in [0.2, 0.25) is 0 Å². The molecule has 0 aliphatic heterocycles. The second-order valence-corrected chi connectivity index (χ2v) is 3.66. The Morgan fingerprint density at radius 1 is 1.07 bits per heavy atom. The van der Waals surface area contributed by atoms with Crippen LogP contribution in [0, 0.1) is 20.8 Å². The fraction of sp³-hybridized carbons (Fsp3) is 0.538. The summed E-state index contributed by atoms with van der Waals surface area (Å²) in [6.45, 7) is 8.79. The van der Waals surface area contributed by atoms with Crippen molar-refractivity contribution in [1.29, 1.82) is 0 Å². The third kappa shape index (κ3) is 5.76. The van der Waals surface area contributed by atoms with Gasteiger partial charge in [-0.15, -0.1) is 0 Å². The molecular formula is C13H22O. The van der Waals surface area contributed by atoms with Gasteiger partial charge in [-0.05, 0) is 38.3 Å². The Morgan fingerprint density at radius 3 is 2.00 bits per heavy atom. The topological polar surface area (TPSA) is 20.2 Å². The van der Waals surface area contributed by atoms with E-state index in [0.717, 1.165) is 12.8 Å². The van der Waals surface area contributed by atoms with Gasteiger partial charge in [0.25, 0.3) is 0 Å². The van der Waals surface area contributed by atoms with Gasteiger partial charge in [0, 0.05) is 6.61 Å².